The van der Waals surface area contributed by atoms with Gasteiger partial charge in [0.2, 0.25) is 11.7 Å². The quantitative estimate of drug-likeness (QED) is 0.219. The van der Waals surface area contributed by atoms with E-state index < -0.39 is 29.3 Å². The Morgan fingerprint density at radius 1 is 1.02 bits per heavy atom. The molecule has 3 aromatic carbocycles. The highest BCUT2D eigenvalue weighted by atomic mass is 32.1. The summed E-state index contributed by atoms with van der Waals surface area (Å²) in [5.74, 6) is -2.27. The third-order valence-corrected chi connectivity index (χ3v) is 8.43. The number of fused-ring (bicyclic) bond motifs is 1. The number of imidazole rings is 1. The van der Waals surface area contributed by atoms with Crippen molar-refractivity contribution in [2.75, 3.05) is 4.90 Å². The molecule has 0 fully saturated rings. The van der Waals surface area contributed by atoms with Gasteiger partial charge in [0.25, 0.3) is 5.91 Å². The Kier molecular flexibility index (Phi) is 6.34. The number of benzene rings is 3. The van der Waals surface area contributed by atoms with Gasteiger partial charge in [0.15, 0.2) is 5.76 Å². The van der Waals surface area contributed by atoms with Crippen LogP contribution in [0.25, 0.3) is 21.6 Å². The largest absolute Gasteiger partial charge is 0.503 e. The number of hydrogen-bond donors (Lipinski definition) is 2. The number of aromatic amines is 1. The number of anilines is 1. The number of aliphatic hydroxyl groups is 1. The highest BCUT2D eigenvalue weighted by molar-refractivity contribution is 7.17. The van der Waals surface area contributed by atoms with Gasteiger partial charge < -0.3 is 10.1 Å². The van der Waals surface area contributed by atoms with E-state index in [9.17, 15) is 19.1 Å². The number of aryl methyl sites for hydroxylation is 1. The highest BCUT2D eigenvalue weighted by Crippen LogP contribution is 2.43. The first-order chi connectivity index (χ1) is 19.5. The summed E-state index contributed by atoms with van der Waals surface area (Å²) in [6, 6.07) is 20.2. The number of halogens is 1. The van der Waals surface area contributed by atoms with Gasteiger partial charge in [0.05, 0.1) is 33.2 Å². The lowest BCUT2D eigenvalue weighted by Gasteiger charge is -2.26. The SMILES string of the molecule is Cc1nc(-c2ccccc2)sc1C(=O)C1=C(O)C(=O)N(c2nc3ccc(F)cc3[nH]2)C1c1ccc(C(C)(C)C)cc1. The van der Waals surface area contributed by atoms with Gasteiger partial charge >= 0.3 is 0 Å². The number of aliphatic hydroxyl groups excluding tert-OH is 1. The second-order valence-corrected chi connectivity index (χ2v) is 12.1. The molecule has 0 saturated heterocycles. The van der Waals surface area contributed by atoms with Gasteiger partial charge in [0.1, 0.15) is 10.8 Å². The Labute approximate surface area is 240 Å². The van der Waals surface area contributed by atoms with Gasteiger partial charge in [-0.15, -0.1) is 11.3 Å². The van der Waals surface area contributed by atoms with Crippen LogP contribution in [0.5, 0.6) is 0 Å². The van der Waals surface area contributed by atoms with Gasteiger partial charge in [-0.05, 0) is 41.7 Å². The zero-order valence-electron chi connectivity index (χ0n) is 22.9. The molecule has 0 aliphatic carbocycles. The van der Waals surface area contributed by atoms with Gasteiger partial charge in [-0.1, -0.05) is 75.4 Å². The lowest BCUT2D eigenvalue weighted by Crippen LogP contribution is -2.32. The minimum atomic E-state index is -0.976. The van der Waals surface area contributed by atoms with Crippen LogP contribution in [0.4, 0.5) is 10.3 Å². The number of nitrogens with zero attached hydrogens (tertiary/aromatic N) is 3. The number of Topliss-reactive ketones (excluding diaryl/α,β-unsaturated/α-hetero) is 1. The van der Waals surface area contributed by atoms with Crippen molar-refractivity contribution in [3.05, 3.63) is 112 Å². The number of hydrogen-bond acceptors (Lipinski definition) is 6. The van der Waals surface area contributed by atoms with E-state index in [2.05, 4.69) is 35.7 Å². The van der Waals surface area contributed by atoms with E-state index in [0.29, 0.717) is 32.2 Å². The maximum Gasteiger partial charge on any atom is 0.296 e. The van der Waals surface area contributed by atoms with E-state index in [1.807, 2.05) is 54.6 Å². The number of carbonyl (C=O) groups excluding carboxylic acids is 2. The second kappa shape index (κ2) is 9.78. The van der Waals surface area contributed by atoms with Crippen molar-refractivity contribution in [1.82, 2.24) is 15.0 Å². The van der Waals surface area contributed by atoms with E-state index in [4.69, 9.17) is 0 Å². The molecule has 41 heavy (non-hydrogen) atoms. The molecule has 7 nitrogen and oxygen atoms in total. The molecule has 0 spiro atoms. The van der Waals surface area contributed by atoms with Gasteiger partial charge in [-0.25, -0.2) is 14.4 Å². The number of carbonyl (C=O) groups is 2. The Morgan fingerprint density at radius 3 is 2.41 bits per heavy atom. The van der Waals surface area contributed by atoms with Gasteiger partial charge in [0, 0.05) is 5.56 Å². The summed E-state index contributed by atoms with van der Waals surface area (Å²) >= 11 is 1.22. The smallest absolute Gasteiger partial charge is 0.296 e. The van der Waals surface area contributed by atoms with Crippen LogP contribution in [-0.4, -0.2) is 31.7 Å². The minimum Gasteiger partial charge on any atom is -0.503 e. The van der Waals surface area contributed by atoms with Crippen LogP contribution in [-0.2, 0) is 10.2 Å². The molecule has 0 saturated carbocycles. The third kappa shape index (κ3) is 4.62. The maximum atomic E-state index is 14.2. The number of H-pyrrole nitrogens is 1. The molecule has 3 heterocycles. The summed E-state index contributed by atoms with van der Waals surface area (Å²) in [5, 5.41) is 11.9. The van der Waals surface area contributed by atoms with E-state index in [1.54, 1.807) is 6.92 Å². The number of ketones is 1. The number of amides is 1. The van der Waals surface area contributed by atoms with Crippen molar-refractivity contribution < 1.29 is 19.1 Å². The molecule has 2 N–H and O–H groups in total. The monoisotopic (exact) mass is 566 g/mol. The molecular formula is C32H27FN4O3S. The zero-order valence-corrected chi connectivity index (χ0v) is 23.7. The first kappa shape index (κ1) is 26.6. The van der Waals surface area contributed by atoms with E-state index in [0.717, 1.165) is 11.1 Å². The van der Waals surface area contributed by atoms with Crippen LogP contribution in [0.2, 0.25) is 0 Å². The minimum absolute atomic E-state index is 0.0588. The molecule has 2 aromatic heterocycles. The number of nitrogens with one attached hydrogen (secondary N) is 1. The molecular weight excluding hydrogens is 539 g/mol. The van der Waals surface area contributed by atoms with Gasteiger partial charge in [-0.3, -0.25) is 14.5 Å². The summed E-state index contributed by atoms with van der Waals surface area (Å²) in [6.07, 6.45) is 0. The molecule has 1 atom stereocenters. The number of aromatic nitrogens is 3. The molecule has 5 aromatic rings. The van der Waals surface area contributed by atoms with Crippen molar-refractivity contribution in [3.8, 4) is 10.6 Å². The third-order valence-electron chi connectivity index (χ3n) is 7.23. The number of rotatable bonds is 5. The molecule has 6 rings (SSSR count). The molecule has 1 aliphatic heterocycles. The van der Waals surface area contributed by atoms with Crippen LogP contribution in [0.3, 0.4) is 0 Å². The fourth-order valence-electron chi connectivity index (χ4n) is 5.05. The van der Waals surface area contributed by atoms with Crippen LogP contribution in [0.1, 0.15) is 53.3 Å². The zero-order chi connectivity index (χ0) is 29.1. The van der Waals surface area contributed by atoms with Gasteiger partial charge in [-0.2, -0.15) is 0 Å². The Morgan fingerprint density at radius 2 is 1.73 bits per heavy atom. The van der Waals surface area contributed by atoms with E-state index in [-0.39, 0.29) is 16.9 Å². The highest BCUT2D eigenvalue weighted by Gasteiger charge is 2.46. The molecule has 1 aliphatic rings. The predicted octanol–water partition coefficient (Wildman–Crippen LogP) is 7.21. The fourth-order valence-corrected chi connectivity index (χ4v) is 6.08. The summed E-state index contributed by atoms with van der Waals surface area (Å²) in [5.41, 5.74) is 3.73. The van der Waals surface area contributed by atoms with Crippen molar-refractivity contribution in [1.29, 1.82) is 0 Å². The normalized spacial score (nSPS) is 15.8. The summed E-state index contributed by atoms with van der Waals surface area (Å²) in [7, 11) is 0. The second-order valence-electron chi connectivity index (χ2n) is 11.1. The average Bonchev–Trinajstić information content (AvgIpc) is 3.62. The fraction of sp³-hybridized carbons (Fsp3) is 0.188. The Bertz CT molecular complexity index is 1850. The summed E-state index contributed by atoms with van der Waals surface area (Å²) < 4.78 is 13.9. The summed E-state index contributed by atoms with van der Waals surface area (Å²) in [4.78, 5) is 41.5. The van der Waals surface area contributed by atoms with Crippen molar-refractivity contribution in [3.63, 3.8) is 0 Å². The first-order valence-corrected chi connectivity index (χ1v) is 13.9. The summed E-state index contributed by atoms with van der Waals surface area (Å²) in [6.45, 7) is 8.03. The lowest BCUT2D eigenvalue weighted by molar-refractivity contribution is -0.117. The van der Waals surface area contributed by atoms with Crippen LogP contribution >= 0.6 is 11.3 Å². The number of thiazole rings is 1. The molecule has 1 unspecified atom stereocenters. The van der Waals surface area contributed by atoms with Crippen molar-refractivity contribution in [2.45, 2.75) is 39.2 Å². The molecule has 206 valence electrons. The maximum absolute atomic E-state index is 14.2. The standard InChI is InChI=1S/C32H27FN4O3S/c1-17-28(41-29(34-17)19-8-6-5-7-9-19)26(38)24-25(18-10-12-20(13-11-18)32(2,3)4)37(30(40)27(24)39)31-35-22-15-14-21(33)16-23(22)36-31/h5-16,25,39H,1-4H3,(H,35,36). The van der Waals surface area contributed by atoms with Crippen LogP contribution in [0, 0.1) is 12.7 Å². The van der Waals surface area contributed by atoms with Crippen molar-refractivity contribution >= 4 is 40.0 Å². The van der Waals surface area contributed by atoms with Crippen LogP contribution in [0.15, 0.2) is 84.1 Å². The predicted molar refractivity (Wildman–Crippen MR) is 158 cm³/mol. The lowest BCUT2D eigenvalue weighted by atomic mass is 9.85. The first-order valence-electron chi connectivity index (χ1n) is 13.1. The van der Waals surface area contributed by atoms with E-state index in [1.165, 1.54) is 34.4 Å². The molecule has 0 radical (unpaired) electrons. The molecule has 0 bridgehead atoms. The Balaban J connectivity index is 1.49. The average molecular weight is 567 g/mol. The molecule has 1 amide bonds. The van der Waals surface area contributed by atoms with E-state index >= 15 is 0 Å². The Hall–Kier alpha value is -4.63. The van der Waals surface area contributed by atoms with Crippen molar-refractivity contribution in [2.24, 2.45) is 0 Å². The molecule has 9 heteroatoms. The van der Waals surface area contributed by atoms with Crippen LogP contribution < -0.4 is 4.90 Å². The topological polar surface area (TPSA) is 99.2 Å².